The summed E-state index contributed by atoms with van der Waals surface area (Å²) >= 11 is 0. The number of rotatable bonds is 8. The van der Waals surface area contributed by atoms with Gasteiger partial charge in [-0.3, -0.25) is 4.90 Å². The van der Waals surface area contributed by atoms with Crippen LogP contribution >= 0.6 is 0 Å². The summed E-state index contributed by atoms with van der Waals surface area (Å²) in [6, 6.07) is 1.89. The van der Waals surface area contributed by atoms with E-state index >= 15 is 0 Å². The largest absolute Gasteiger partial charge is 0.414 e. The highest BCUT2D eigenvalue weighted by Gasteiger charge is 2.05. The Labute approximate surface area is 119 Å². The number of hydrogen-bond acceptors (Lipinski definition) is 7. The van der Waals surface area contributed by atoms with Crippen LogP contribution in [0.2, 0.25) is 0 Å². The Balaban J connectivity index is 2.69. The van der Waals surface area contributed by atoms with Crippen molar-refractivity contribution in [1.82, 2.24) is 20.3 Å². The SMILES string of the molecule is CNO/C(C)=C/c1cc(N(C)CCN(C)CO)ncn1. The van der Waals surface area contributed by atoms with Gasteiger partial charge in [0.15, 0.2) is 0 Å². The molecule has 1 aromatic rings. The van der Waals surface area contributed by atoms with Crippen LogP contribution in [0.4, 0.5) is 5.82 Å². The van der Waals surface area contributed by atoms with E-state index in [0.717, 1.165) is 30.4 Å². The van der Waals surface area contributed by atoms with Gasteiger partial charge in [0.25, 0.3) is 0 Å². The molecule has 1 rings (SSSR count). The van der Waals surface area contributed by atoms with Crippen LogP contribution in [-0.4, -0.2) is 60.9 Å². The second kappa shape index (κ2) is 8.47. The van der Waals surface area contributed by atoms with Crippen LogP contribution < -0.4 is 10.4 Å². The molecular formula is C13H23N5O2. The minimum atomic E-state index is 0.0478. The van der Waals surface area contributed by atoms with Crippen LogP contribution in [0.15, 0.2) is 18.2 Å². The number of aromatic nitrogens is 2. The van der Waals surface area contributed by atoms with Gasteiger partial charge in [0, 0.05) is 39.3 Å². The molecule has 0 aliphatic carbocycles. The molecule has 0 saturated heterocycles. The monoisotopic (exact) mass is 281 g/mol. The quantitative estimate of drug-likeness (QED) is 0.403. The Morgan fingerprint density at radius 2 is 2.15 bits per heavy atom. The first-order valence-corrected chi connectivity index (χ1v) is 6.41. The minimum Gasteiger partial charge on any atom is -0.414 e. The van der Waals surface area contributed by atoms with Gasteiger partial charge in [-0.1, -0.05) is 0 Å². The van der Waals surface area contributed by atoms with E-state index < -0.39 is 0 Å². The van der Waals surface area contributed by atoms with Crippen LogP contribution in [0.1, 0.15) is 12.6 Å². The number of aliphatic hydroxyl groups is 1. The molecule has 0 amide bonds. The van der Waals surface area contributed by atoms with E-state index in [4.69, 9.17) is 9.94 Å². The lowest BCUT2D eigenvalue weighted by Gasteiger charge is -2.21. The normalized spacial score (nSPS) is 11.8. The lowest BCUT2D eigenvalue weighted by Crippen LogP contribution is -2.31. The number of aliphatic hydroxyl groups excluding tert-OH is 1. The summed E-state index contributed by atoms with van der Waals surface area (Å²) in [7, 11) is 5.52. The topological polar surface area (TPSA) is 73.8 Å². The van der Waals surface area contributed by atoms with Gasteiger partial charge in [-0.15, -0.1) is 0 Å². The molecule has 0 radical (unpaired) electrons. The fourth-order valence-corrected chi connectivity index (χ4v) is 1.55. The van der Waals surface area contributed by atoms with Crippen LogP contribution in [0.3, 0.4) is 0 Å². The second-order valence-corrected chi connectivity index (χ2v) is 4.50. The zero-order valence-electron chi connectivity index (χ0n) is 12.5. The van der Waals surface area contributed by atoms with Crippen molar-refractivity contribution < 1.29 is 9.94 Å². The highest BCUT2D eigenvalue weighted by molar-refractivity contribution is 5.51. The van der Waals surface area contributed by atoms with Gasteiger partial charge in [-0.05, 0) is 14.0 Å². The maximum Gasteiger partial charge on any atom is 0.132 e. The van der Waals surface area contributed by atoms with Gasteiger partial charge in [0.1, 0.15) is 17.9 Å². The molecule has 2 N–H and O–H groups in total. The lowest BCUT2D eigenvalue weighted by atomic mass is 10.3. The summed E-state index contributed by atoms with van der Waals surface area (Å²) in [6.07, 6.45) is 3.36. The highest BCUT2D eigenvalue weighted by Crippen LogP contribution is 2.11. The van der Waals surface area contributed by atoms with Crippen molar-refractivity contribution in [2.75, 3.05) is 45.9 Å². The summed E-state index contributed by atoms with van der Waals surface area (Å²) in [5, 5.41) is 8.97. The third-order valence-corrected chi connectivity index (χ3v) is 2.74. The standard InChI is InChI=1S/C13H23N5O2/c1-11(20-14-2)7-12-8-13(16-9-15-12)18(4)6-5-17(3)10-19/h7-9,14,19H,5-6,10H2,1-4H3/b11-7+. The Hall–Kier alpha value is -1.70. The molecule has 0 aliphatic heterocycles. The molecular weight excluding hydrogens is 258 g/mol. The van der Waals surface area contributed by atoms with Crippen LogP contribution in [-0.2, 0) is 4.84 Å². The first-order chi connectivity index (χ1) is 9.56. The first kappa shape index (κ1) is 16.4. The maximum absolute atomic E-state index is 8.97. The number of hydroxylamine groups is 1. The lowest BCUT2D eigenvalue weighted by molar-refractivity contribution is 0.131. The number of nitrogens with zero attached hydrogens (tertiary/aromatic N) is 4. The van der Waals surface area contributed by atoms with Crippen LogP contribution in [0, 0.1) is 0 Å². The fourth-order valence-electron chi connectivity index (χ4n) is 1.55. The molecule has 0 fully saturated rings. The van der Waals surface area contributed by atoms with Crippen molar-refractivity contribution in [2.45, 2.75) is 6.92 Å². The summed E-state index contributed by atoms with van der Waals surface area (Å²) in [4.78, 5) is 17.4. The van der Waals surface area contributed by atoms with Crippen molar-refractivity contribution in [2.24, 2.45) is 0 Å². The van der Waals surface area contributed by atoms with E-state index in [9.17, 15) is 0 Å². The molecule has 1 aromatic heterocycles. The molecule has 0 aliphatic rings. The molecule has 0 aromatic carbocycles. The van der Waals surface area contributed by atoms with Gasteiger partial charge >= 0.3 is 0 Å². The molecule has 0 saturated carbocycles. The smallest absolute Gasteiger partial charge is 0.132 e. The molecule has 0 spiro atoms. The van der Waals surface area contributed by atoms with Crippen molar-refractivity contribution in [3.05, 3.63) is 23.8 Å². The Morgan fingerprint density at radius 3 is 2.80 bits per heavy atom. The predicted octanol–water partition coefficient (Wildman–Crippen LogP) is 0.306. The fraction of sp³-hybridized carbons (Fsp3) is 0.538. The van der Waals surface area contributed by atoms with E-state index in [2.05, 4.69) is 15.4 Å². The second-order valence-electron chi connectivity index (χ2n) is 4.50. The van der Waals surface area contributed by atoms with Gasteiger partial charge in [0.05, 0.1) is 12.4 Å². The first-order valence-electron chi connectivity index (χ1n) is 6.41. The van der Waals surface area contributed by atoms with Gasteiger partial charge in [0.2, 0.25) is 0 Å². The number of hydrogen-bond donors (Lipinski definition) is 2. The Kier molecular flexibility index (Phi) is 6.92. The molecule has 112 valence electrons. The van der Waals surface area contributed by atoms with E-state index in [1.54, 1.807) is 7.05 Å². The molecule has 20 heavy (non-hydrogen) atoms. The summed E-state index contributed by atoms with van der Waals surface area (Å²) in [6.45, 7) is 3.41. The third-order valence-electron chi connectivity index (χ3n) is 2.74. The van der Waals surface area contributed by atoms with Gasteiger partial charge in [-0.2, -0.15) is 5.48 Å². The van der Waals surface area contributed by atoms with Crippen LogP contribution in [0.5, 0.6) is 0 Å². The molecule has 7 nitrogen and oxygen atoms in total. The van der Waals surface area contributed by atoms with Crippen molar-refractivity contribution in [1.29, 1.82) is 0 Å². The average Bonchev–Trinajstić information content (AvgIpc) is 2.44. The average molecular weight is 281 g/mol. The zero-order valence-corrected chi connectivity index (χ0v) is 12.5. The van der Waals surface area contributed by atoms with E-state index in [-0.39, 0.29) is 6.73 Å². The van der Waals surface area contributed by atoms with Crippen LogP contribution in [0.25, 0.3) is 6.08 Å². The van der Waals surface area contributed by atoms with E-state index in [1.165, 1.54) is 6.33 Å². The van der Waals surface area contributed by atoms with E-state index in [1.807, 2.05) is 43.0 Å². The zero-order chi connectivity index (χ0) is 15.0. The van der Waals surface area contributed by atoms with E-state index in [0.29, 0.717) is 0 Å². The number of nitrogens with one attached hydrogen (secondary N) is 1. The maximum atomic E-state index is 8.97. The van der Waals surface area contributed by atoms with Gasteiger partial charge < -0.3 is 14.8 Å². The number of allylic oxidation sites excluding steroid dienone is 1. The summed E-state index contributed by atoms with van der Waals surface area (Å²) < 4.78 is 0. The molecule has 1 heterocycles. The van der Waals surface area contributed by atoms with Crippen molar-refractivity contribution in [3.63, 3.8) is 0 Å². The highest BCUT2D eigenvalue weighted by atomic mass is 16.6. The third kappa shape index (κ3) is 5.52. The number of anilines is 1. The molecule has 0 unspecified atom stereocenters. The number of likely N-dealkylation sites (N-methyl/N-ethyl adjacent to an activating group) is 2. The Bertz CT molecular complexity index is 439. The molecule has 0 bridgehead atoms. The predicted molar refractivity (Wildman–Crippen MR) is 78.8 cm³/mol. The molecule has 0 atom stereocenters. The minimum absolute atomic E-state index is 0.0478. The molecule has 7 heteroatoms. The summed E-state index contributed by atoms with van der Waals surface area (Å²) in [5.74, 6) is 1.55. The summed E-state index contributed by atoms with van der Waals surface area (Å²) in [5.41, 5.74) is 3.40. The van der Waals surface area contributed by atoms with Crippen molar-refractivity contribution >= 4 is 11.9 Å². The Morgan fingerprint density at radius 1 is 1.40 bits per heavy atom. The van der Waals surface area contributed by atoms with Crippen molar-refractivity contribution in [3.8, 4) is 0 Å². The van der Waals surface area contributed by atoms with Gasteiger partial charge in [-0.25, -0.2) is 9.97 Å².